The van der Waals surface area contributed by atoms with Crippen molar-refractivity contribution < 1.29 is 14.3 Å². The second kappa shape index (κ2) is 16.1. The first kappa shape index (κ1) is 12.9. The smallest absolute Gasteiger partial charge is 0.245 e. The van der Waals surface area contributed by atoms with E-state index in [1.807, 2.05) is 13.8 Å². The minimum Gasteiger partial charge on any atom is -0.379 e. The van der Waals surface area contributed by atoms with Crippen LogP contribution in [-0.4, -0.2) is 37.9 Å². The van der Waals surface area contributed by atoms with Crippen LogP contribution in [-0.2, 0) is 9.47 Å². The molecule has 0 amide bonds. The maximum absolute atomic E-state index is 7.08. The molecule has 0 bridgehead atoms. The zero-order valence-corrected chi connectivity index (χ0v) is 7.25. The summed E-state index contributed by atoms with van der Waals surface area (Å²) in [4.78, 5) is 2.25. The lowest BCUT2D eigenvalue weighted by molar-refractivity contribution is 0.0110. The van der Waals surface area contributed by atoms with Crippen LogP contribution in [0, 0.1) is 0 Å². The van der Waals surface area contributed by atoms with E-state index >= 15 is 0 Å². The molecular formula is C7H16N2O2. The molecule has 0 aliphatic rings. The molecule has 0 rings (SSSR count). The maximum Gasteiger partial charge on any atom is 0.245 e. The van der Waals surface area contributed by atoms with E-state index in [2.05, 4.69) is 11.5 Å². The van der Waals surface area contributed by atoms with Gasteiger partial charge in [0.05, 0.1) is 13.2 Å². The van der Waals surface area contributed by atoms with Crippen molar-refractivity contribution in [3.63, 3.8) is 0 Å². The van der Waals surface area contributed by atoms with Gasteiger partial charge in [-0.3, -0.25) is 0 Å². The van der Waals surface area contributed by atoms with Gasteiger partial charge in [0.25, 0.3) is 0 Å². The fraction of sp³-hybridized carbons (Fsp3) is 0.857. The van der Waals surface area contributed by atoms with Gasteiger partial charge in [-0.2, -0.15) is 4.79 Å². The average Bonchev–Trinajstić information content (AvgIpc) is 2.00. The van der Waals surface area contributed by atoms with Crippen molar-refractivity contribution in [2.75, 3.05) is 26.4 Å². The van der Waals surface area contributed by atoms with Crippen molar-refractivity contribution in [3.05, 3.63) is 5.53 Å². The van der Waals surface area contributed by atoms with Crippen molar-refractivity contribution in [3.8, 4) is 0 Å². The molecule has 0 radical (unpaired) electrons. The third kappa shape index (κ3) is 26.8. The maximum atomic E-state index is 7.08. The molecule has 0 unspecified atom stereocenters. The van der Waals surface area contributed by atoms with Crippen LogP contribution in [0.5, 0.6) is 0 Å². The lowest BCUT2D eigenvalue weighted by Gasteiger charge is -1.99. The lowest BCUT2D eigenvalue weighted by atomic mass is 10.7. The van der Waals surface area contributed by atoms with E-state index in [0.717, 1.165) is 26.4 Å². The molecule has 4 heteroatoms. The fourth-order valence-corrected chi connectivity index (χ4v) is 0.407. The molecule has 0 aliphatic heterocycles. The summed E-state index contributed by atoms with van der Waals surface area (Å²) >= 11 is 0. The first-order chi connectivity index (χ1) is 5.33. The van der Waals surface area contributed by atoms with E-state index in [0.29, 0.717) is 0 Å². The van der Waals surface area contributed by atoms with Crippen LogP contribution in [0.2, 0.25) is 0 Å². The van der Waals surface area contributed by atoms with Crippen LogP contribution in [0.25, 0.3) is 5.53 Å². The third-order valence-electron chi connectivity index (χ3n) is 0.780. The average molecular weight is 160 g/mol. The van der Waals surface area contributed by atoms with E-state index in [1.54, 1.807) is 0 Å². The number of rotatable bonds is 5. The number of hydrogen-bond donors (Lipinski definition) is 0. The van der Waals surface area contributed by atoms with Crippen LogP contribution in [0.4, 0.5) is 0 Å². The number of ether oxygens (including phenoxy) is 2. The summed E-state index contributed by atoms with van der Waals surface area (Å²) in [5.74, 6) is 0. The van der Waals surface area contributed by atoms with E-state index in [9.17, 15) is 0 Å². The molecule has 0 saturated carbocycles. The SMILES string of the molecule is C=[N+]=[N-].CCOCCOCC. The molecular weight excluding hydrogens is 144 g/mol. The predicted octanol–water partition coefficient (Wildman–Crippen LogP) is 0.976. The monoisotopic (exact) mass is 160 g/mol. The van der Waals surface area contributed by atoms with E-state index in [4.69, 9.17) is 15.0 Å². The van der Waals surface area contributed by atoms with E-state index in [1.165, 1.54) is 0 Å². The van der Waals surface area contributed by atoms with Crippen molar-refractivity contribution in [1.82, 2.24) is 0 Å². The van der Waals surface area contributed by atoms with Gasteiger partial charge in [0.15, 0.2) is 0 Å². The van der Waals surface area contributed by atoms with Gasteiger partial charge in [-0.15, -0.1) is 0 Å². The van der Waals surface area contributed by atoms with Crippen molar-refractivity contribution in [1.29, 1.82) is 0 Å². The van der Waals surface area contributed by atoms with Gasteiger partial charge < -0.3 is 15.0 Å². The highest BCUT2D eigenvalue weighted by molar-refractivity contribution is 5.12. The summed E-state index contributed by atoms with van der Waals surface area (Å²) in [6.45, 7) is 9.65. The molecule has 0 aromatic carbocycles. The predicted molar refractivity (Wildman–Crippen MR) is 43.7 cm³/mol. The summed E-state index contributed by atoms with van der Waals surface area (Å²) in [5, 5.41) is 0. The summed E-state index contributed by atoms with van der Waals surface area (Å²) in [6, 6.07) is 0. The second-order valence-corrected chi connectivity index (χ2v) is 1.54. The number of hydrogen-bond acceptors (Lipinski definition) is 2. The summed E-state index contributed by atoms with van der Waals surface area (Å²) in [6.07, 6.45) is 0. The Morgan fingerprint density at radius 3 is 1.64 bits per heavy atom. The highest BCUT2D eigenvalue weighted by atomic mass is 16.5. The highest BCUT2D eigenvalue weighted by Gasteiger charge is 1.81. The molecule has 0 N–H and O–H groups in total. The summed E-state index contributed by atoms with van der Waals surface area (Å²) < 4.78 is 10.0. The molecule has 0 aromatic rings. The summed E-state index contributed by atoms with van der Waals surface area (Å²) in [5.41, 5.74) is 7.08. The van der Waals surface area contributed by atoms with Crippen molar-refractivity contribution in [2.45, 2.75) is 13.8 Å². The third-order valence-corrected chi connectivity index (χ3v) is 0.780. The van der Waals surface area contributed by atoms with Gasteiger partial charge in [-0.25, -0.2) is 0 Å². The Kier molecular flexibility index (Phi) is 19.0. The largest absolute Gasteiger partial charge is 0.379 e. The topological polar surface area (TPSA) is 54.9 Å². The van der Waals surface area contributed by atoms with Gasteiger partial charge in [0.2, 0.25) is 6.72 Å². The molecule has 0 fully saturated rings. The van der Waals surface area contributed by atoms with Gasteiger partial charge in [0.1, 0.15) is 0 Å². The van der Waals surface area contributed by atoms with Crippen LogP contribution < -0.4 is 0 Å². The molecule has 0 spiro atoms. The minimum atomic E-state index is 0.727. The standard InChI is InChI=1S/C6H14O2.CH2N2/c1-3-7-5-6-8-4-2;1-3-2/h3-6H2,1-2H3;1H2. The lowest BCUT2D eigenvalue weighted by Crippen LogP contribution is -2.02. The van der Waals surface area contributed by atoms with Gasteiger partial charge >= 0.3 is 0 Å². The Morgan fingerprint density at radius 2 is 1.45 bits per heavy atom. The Hall–Kier alpha value is -0.700. The van der Waals surface area contributed by atoms with Crippen molar-refractivity contribution >= 4 is 6.72 Å². The first-order valence-electron chi connectivity index (χ1n) is 3.59. The second-order valence-electron chi connectivity index (χ2n) is 1.54. The highest BCUT2D eigenvalue weighted by Crippen LogP contribution is 1.75. The van der Waals surface area contributed by atoms with Crippen LogP contribution in [0.3, 0.4) is 0 Å². The normalized spacial score (nSPS) is 7.82. The molecule has 4 nitrogen and oxygen atoms in total. The zero-order chi connectivity index (χ0) is 8.95. The van der Waals surface area contributed by atoms with E-state index in [-0.39, 0.29) is 0 Å². The molecule has 66 valence electrons. The molecule has 0 heterocycles. The van der Waals surface area contributed by atoms with Crippen LogP contribution in [0.1, 0.15) is 13.8 Å². The van der Waals surface area contributed by atoms with Crippen LogP contribution in [0.15, 0.2) is 0 Å². The molecule has 11 heavy (non-hydrogen) atoms. The quantitative estimate of drug-likeness (QED) is 0.260. The molecule has 0 atom stereocenters. The Balaban J connectivity index is 0. The minimum absolute atomic E-state index is 0.727. The van der Waals surface area contributed by atoms with Crippen LogP contribution >= 0.6 is 0 Å². The number of nitrogens with zero attached hydrogens (tertiary/aromatic N) is 2. The Labute approximate surface area is 67.7 Å². The van der Waals surface area contributed by atoms with Gasteiger partial charge in [-0.05, 0) is 13.8 Å². The van der Waals surface area contributed by atoms with Crippen molar-refractivity contribution in [2.24, 2.45) is 0 Å². The summed E-state index contributed by atoms with van der Waals surface area (Å²) in [7, 11) is 0. The zero-order valence-electron chi connectivity index (χ0n) is 7.25. The van der Waals surface area contributed by atoms with E-state index < -0.39 is 0 Å². The van der Waals surface area contributed by atoms with Gasteiger partial charge in [-0.1, -0.05) is 0 Å². The Bertz CT molecular complexity index is 84.4. The first-order valence-corrected chi connectivity index (χ1v) is 3.59. The fourth-order valence-electron chi connectivity index (χ4n) is 0.407. The molecule has 0 saturated heterocycles. The molecule has 0 aromatic heterocycles. The Morgan fingerprint density at radius 1 is 1.18 bits per heavy atom. The van der Waals surface area contributed by atoms with Gasteiger partial charge in [0, 0.05) is 13.2 Å². The molecule has 0 aliphatic carbocycles.